The number of aromatic nitrogens is 3. The second-order valence-corrected chi connectivity index (χ2v) is 6.93. The summed E-state index contributed by atoms with van der Waals surface area (Å²) in [6.07, 6.45) is 2.36. The highest BCUT2D eigenvalue weighted by atomic mass is 32.2. The quantitative estimate of drug-likeness (QED) is 0.824. The number of anilines is 1. The van der Waals surface area contributed by atoms with Crippen molar-refractivity contribution < 1.29 is 9.53 Å². The van der Waals surface area contributed by atoms with Crippen LogP contribution in [0.15, 0.2) is 29.4 Å². The van der Waals surface area contributed by atoms with Gasteiger partial charge in [-0.3, -0.25) is 4.79 Å². The molecule has 1 aromatic heterocycles. The van der Waals surface area contributed by atoms with Crippen LogP contribution in [-0.4, -0.2) is 33.0 Å². The first-order valence-corrected chi connectivity index (χ1v) is 8.48. The number of ether oxygens (including phenoxy) is 1. The number of nitrogens with zero attached hydrogens (tertiary/aromatic N) is 3. The van der Waals surface area contributed by atoms with Crippen LogP contribution in [0.1, 0.15) is 31.5 Å². The Labute approximate surface area is 139 Å². The second kappa shape index (κ2) is 6.62. The Balaban J connectivity index is 1.65. The molecule has 0 unspecified atom stereocenters. The number of carbonyl (C=O) groups is 1. The zero-order chi connectivity index (χ0) is 16.4. The molecule has 1 atom stereocenters. The first-order chi connectivity index (χ1) is 11.1. The van der Waals surface area contributed by atoms with E-state index in [4.69, 9.17) is 4.74 Å². The van der Waals surface area contributed by atoms with E-state index in [9.17, 15) is 4.79 Å². The summed E-state index contributed by atoms with van der Waals surface area (Å²) < 4.78 is 7.25. The molecule has 1 saturated carbocycles. The Morgan fingerprint density at radius 3 is 2.83 bits per heavy atom. The summed E-state index contributed by atoms with van der Waals surface area (Å²) >= 11 is 1.41. The lowest BCUT2D eigenvalue weighted by Gasteiger charge is -2.13. The minimum atomic E-state index is -0.283. The van der Waals surface area contributed by atoms with Crippen LogP contribution in [-0.2, 0) is 11.8 Å². The number of thioether (sulfide) groups is 1. The lowest BCUT2D eigenvalue weighted by molar-refractivity contribution is -0.115. The van der Waals surface area contributed by atoms with Gasteiger partial charge in [0.2, 0.25) is 5.91 Å². The van der Waals surface area contributed by atoms with Crippen LogP contribution in [0.5, 0.6) is 5.75 Å². The molecular weight excluding hydrogens is 312 g/mol. The van der Waals surface area contributed by atoms with Crippen molar-refractivity contribution in [2.75, 3.05) is 12.4 Å². The van der Waals surface area contributed by atoms with Crippen LogP contribution in [0.2, 0.25) is 0 Å². The Kier molecular flexibility index (Phi) is 4.56. The van der Waals surface area contributed by atoms with E-state index in [0.717, 1.165) is 11.0 Å². The highest BCUT2D eigenvalue weighted by Gasteiger charge is 2.30. The molecule has 1 N–H and O–H groups in total. The first kappa shape index (κ1) is 15.9. The molecule has 1 aliphatic rings. The molecule has 3 rings (SSSR count). The van der Waals surface area contributed by atoms with E-state index < -0.39 is 0 Å². The highest BCUT2D eigenvalue weighted by Crippen LogP contribution is 2.39. The van der Waals surface area contributed by atoms with Crippen molar-refractivity contribution >= 4 is 23.4 Å². The summed E-state index contributed by atoms with van der Waals surface area (Å²) in [4.78, 5) is 12.4. The van der Waals surface area contributed by atoms with E-state index in [1.54, 1.807) is 7.11 Å². The summed E-state index contributed by atoms with van der Waals surface area (Å²) in [5, 5.41) is 11.8. The molecule has 23 heavy (non-hydrogen) atoms. The number of para-hydroxylation sites is 2. The smallest absolute Gasteiger partial charge is 0.237 e. The molecule has 1 amide bonds. The average molecular weight is 332 g/mol. The number of benzene rings is 1. The molecule has 2 aromatic rings. The summed E-state index contributed by atoms with van der Waals surface area (Å²) in [6.45, 7) is 1.86. The van der Waals surface area contributed by atoms with Gasteiger partial charge in [-0.25, -0.2) is 0 Å². The number of nitrogens with one attached hydrogen (secondary N) is 1. The van der Waals surface area contributed by atoms with Crippen molar-refractivity contribution in [2.45, 2.75) is 36.1 Å². The average Bonchev–Trinajstić information content (AvgIpc) is 3.33. The van der Waals surface area contributed by atoms with E-state index >= 15 is 0 Å². The third-order valence-electron chi connectivity index (χ3n) is 3.83. The van der Waals surface area contributed by atoms with Gasteiger partial charge in [-0.15, -0.1) is 10.2 Å². The number of hydrogen-bond acceptors (Lipinski definition) is 5. The molecule has 6 nitrogen and oxygen atoms in total. The Hall–Kier alpha value is -2.02. The van der Waals surface area contributed by atoms with Crippen LogP contribution in [0.3, 0.4) is 0 Å². The van der Waals surface area contributed by atoms with Crippen molar-refractivity contribution in [3.63, 3.8) is 0 Å². The van der Waals surface area contributed by atoms with Crippen molar-refractivity contribution in [1.82, 2.24) is 14.8 Å². The van der Waals surface area contributed by atoms with Crippen LogP contribution < -0.4 is 10.1 Å². The first-order valence-electron chi connectivity index (χ1n) is 7.60. The van der Waals surface area contributed by atoms with Crippen LogP contribution in [0.4, 0.5) is 5.69 Å². The monoisotopic (exact) mass is 332 g/mol. The third-order valence-corrected chi connectivity index (χ3v) is 4.96. The summed E-state index contributed by atoms with van der Waals surface area (Å²) in [7, 11) is 3.54. The second-order valence-electron chi connectivity index (χ2n) is 5.62. The topological polar surface area (TPSA) is 69.0 Å². The van der Waals surface area contributed by atoms with Gasteiger partial charge >= 0.3 is 0 Å². The van der Waals surface area contributed by atoms with Gasteiger partial charge in [0.05, 0.1) is 18.0 Å². The third kappa shape index (κ3) is 3.50. The minimum Gasteiger partial charge on any atom is -0.495 e. The van der Waals surface area contributed by atoms with E-state index in [2.05, 4.69) is 15.5 Å². The molecular formula is C16H20N4O2S. The molecule has 0 radical (unpaired) electrons. The molecule has 1 aromatic carbocycles. The van der Waals surface area contributed by atoms with Crippen molar-refractivity contribution in [1.29, 1.82) is 0 Å². The van der Waals surface area contributed by atoms with E-state index in [1.165, 1.54) is 24.6 Å². The van der Waals surface area contributed by atoms with Crippen LogP contribution >= 0.6 is 11.8 Å². The fourth-order valence-electron chi connectivity index (χ4n) is 2.32. The summed E-state index contributed by atoms with van der Waals surface area (Å²) in [5.74, 6) is 2.12. The van der Waals surface area contributed by atoms with Gasteiger partial charge in [-0.2, -0.15) is 0 Å². The Bertz CT molecular complexity index is 712. The molecule has 1 fully saturated rings. The predicted octanol–water partition coefficient (Wildman–Crippen LogP) is 2.82. The maximum Gasteiger partial charge on any atom is 0.237 e. The van der Waals surface area contributed by atoms with Gasteiger partial charge in [-0.1, -0.05) is 23.9 Å². The van der Waals surface area contributed by atoms with Gasteiger partial charge in [0.25, 0.3) is 0 Å². The zero-order valence-corrected chi connectivity index (χ0v) is 14.3. The maximum atomic E-state index is 12.4. The molecule has 7 heteroatoms. The molecule has 1 heterocycles. The minimum absolute atomic E-state index is 0.0875. The van der Waals surface area contributed by atoms with Crippen LogP contribution in [0.25, 0.3) is 0 Å². The number of amides is 1. The fraction of sp³-hybridized carbons (Fsp3) is 0.438. The van der Waals surface area contributed by atoms with Gasteiger partial charge < -0.3 is 14.6 Å². The number of rotatable bonds is 6. The van der Waals surface area contributed by atoms with E-state index in [1.807, 2.05) is 42.8 Å². The summed E-state index contributed by atoms with van der Waals surface area (Å²) in [5.41, 5.74) is 0.670. The maximum absolute atomic E-state index is 12.4. The molecule has 0 bridgehead atoms. The Morgan fingerprint density at radius 1 is 1.39 bits per heavy atom. The zero-order valence-electron chi connectivity index (χ0n) is 13.4. The number of methoxy groups -OCH3 is 1. The normalized spacial score (nSPS) is 15.3. The standard InChI is InChI=1S/C16H20N4O2S/c1-10(15(21)17-12-6-4-5-7-13(12)22-3)23-16-19-18-14(20(16)2)11-8-9-11/h4-7,10-11H,8-9H2,1-3H3,(H,17,21)/t10-/m1/s1. The predicted molar refractivity (Wildman–Crippen MR) is 89.9 cm³/mol. The molecule has 122 valence electrons. The lowest BCUT2D eigenvalue weighted by Crippen LogP contribution is -2.23. The lowest BCUT2D eigenvalue weighted by atomic mass is 10.3. The van der Waals surface area contributed by atoms with Gasteiger partial charge in [0, 0.05) is 13.0 Å². The molecule has 1 aliphatic carbocycles. The van der Waals surface area contributed by atoms with Gasteiger partial charge in [0.1, 0.15) is 11.6 Å². The van der Waals surface area contributed by atoms with Gasteiger partial charge in [-0.05, 0) is 31.9 Å². The largest absolute Gasteiger partial charge is 0.495 e. The SMILES string of the molecule is COc1ccccc1NC(=O)[C@@H](C)Sc1nnc(C2CC2)n1C. The van der Waals surface area contributed by atoms with E-state index in [-0.39, 0.29) is 11.2 Å². The molecule has 0 saturated heterocycles. The van der Waals surface area contributed by atoms with Gasteiger partial charge in [0.15, 0.2) is 5.16 Å². The summed E-state index contributed by atoms with van der Waals surface area (Å²) in [6, 6.07) is 7.37. The van der Waals surface area contributed by atoms with Crippen molar-refractivity contribution in [3.8, 4) is 5.75 Å². The van der Waals surface area contributed by atoms with Crippen LogP contribution in [0, 0.1) is 0 Å². The van der Waals surface area contributed by atoms with Crippen molar-refractivity contribution in [2.24, 2.45) is 7.05 Å². The molecule has 0 aliphatic heterocycles. The van der Waals surface area contributed by atoms with E-state index in [0.29, 0.717) is 17.4 Å². The highest BCUT2D eigenvalue weighted by molar-refractivity contribution is 8.00. The number of hydrogen-bond donors (Lipinski definition) is 1. The Morgan fingerprint density at radius 2 is 2.13 bits per heavy atom. The molecule has 0 spiro atoms. The fourth-order valence-corrected chi connectivity index (χ4v) is 3.14. The van der Waals surface area contributed by atoms with Crippen molar-refractivity contribution in [3.05, 3.63) is 30.1 Å². The number of carbonyl (C=O) groups excluding carboxylic acids is 1.